The highest BCUT2D eigenvalue weighted by Gasteiger charge is 2.67. The fourth-order valence-corrected chi connectivity index (χ4v) is 11.9. The molecule has 5 aliphatic rings. The van der Waals surface area contributed by atoms with E-state index in [1.165, 1.54) is 0 Å². The number of carbonyl (C=O) groups is 1. The number of carbonyl (C=O) groups excluding carboxylic acids is 1. The number of esters is 1. The van der Waals surface area contributed by atoms with E-state index in [1.54, 1.807) is 6.08 Å². The molecule has 10 heteroatoms. The summed E-state index contributed by atoms with van der Waals surface area (Å²) in [5, 5.41) is 0. The lowest BCUT2D eigenvalue weighted by Crippen LogP contribution is -2.61. The number of alkyl halides is 3. The molecular formula is C40H66F3NO5S. The molecule has 288 valence electrons. The summed E-state index contributed by atoms with van der Waals surface area (Å²) >= 11 is 0. The number of ether oxygens (including phenoxy) is 1. The van der Waals surface area contributed by atoms with Gasteiger partial charge in [-0.3, -0.25) is 4.79 Å². The van der Waals surface area contributed by atoms with E-state index in [9.17, 15) is 26.4 Å². The Hall–Kier alpha value is -2.07. The molecule has 1 aromatic carbocycles. The lowest BCUT2D eigenvalue weighted by molar-refractivity contribution is -0.194. The minimum Gasteiger partial charge on any atom is -0.460 e. The first-order chi connectivity index (χ1) is 23.1. The molecule has 1 aromatic rings. The monoisotopic (exact) mass is 729 g/mol. The molecule has 0 heterocycles. The number of allylic oxidation sites excluding steroid dienone is 2. The summed E-state index contributed by atoms with van der Waals surface area (Å²) in [4.78, 5) is 13.8. The van der Waals surface area contributed by atoms with Crippen LogP contribution in [-0.4, -0.2) is 19.9 Å². The van der Waals surface area contributed by atoms with Crippen LogP contribution in [0.15, 0.2) is 42.2 Å². The largest absolute Gasteiger partial charge is 0.534 e. The number of halogens is 3. The lowest BCUT2D eigenvalue weighted by atomic mass is 9.37. The third kappa shape index (κ3) is 7.53. The Bertz CT molecular complexity index is 1400. The topological polar surface area (TPSA) is 105 Å². The summed E-state index contributed by atoms with van der Waals surface area (Å²) in [7, 11) is -5.72. The van der Waals surface area contributed by atoms with Crippen LogP contribution < -0.4 is 6.15 Å². The standard InChI is InChI=1S/C34H45F3O5S.3C2H6.H3N/c1-30(2)26-15-18-31(3)24-14-20-33(29(38)41-21-22-9-6-5-7-10-22)17-8-11-25(33)23(24)12-13-27(31)32(26,4)19-16-28(30)42-43(39,40)34(35,36)37;3*1-2;/h5-7,9-10,16,23-27H,8,11-15,17-21H2,1-4H3;3*1-2H3;1H3/t23-,24?,25+,26?,27?,31-,32-,33-;;;;/m0..../s1. The van der Waals surface area contributed by atoms with Gasteiger partial charge in [-0.1, -0.05) is 106 Å². The molecule has 0 aromatic heterocycles. The molecule has 4 saturated carbocycles. The average molecular weight is 730 g/mol. The van der Waals surface area contributed by atoms with E-state index in [0.29, 0.717) is 36.7 Å². The Morgan fingerprint density at radius 1 is 0.800 bits per heavy atom. The third-order valence-electron chi connectivity index (χ3n) is 13.1. The van der Waals surface area contributed by atoms with Crippen LogP contribution in [0.5, 0.6) is 0 Å². The highest BCUT2D eigenvalue weighted by Crippen LogP contribution is 2.73. The number of rotatable bonds is 5. The average Bonchev–Trinajstić information content (AvgIpc) is 3.54. The minimum absolute atomic E-state index is 0. The van der Waals surface area contributed by atoms with Crippen LogP contribution in [0, 0.1) is 51.2 Å². The fraction of sp³-hybridized carbons (Fsp3) is 0.775. The van der Waals surface area contributed by atoms with Gasteiger partial charge < -0.3 is 15.1 Å². The molecule has 0 radical (unpaired) electrons. The first-order valence-electron chi connectivity index (χ1n) is 19.0. The van der Waals surface area contributed by atoms with Crippen molar-refractivity contribution in [2.24, 2.45) is 51.2 Å². The van der Waals surface area contributed by atoms with Gasteiger partial charge in [0.25, 0.3) is 0 Å². The molecule has 6 rings (SSSR count). The van der Waals surface area contributed by atoms with Crippen molar-refractivity contribution >= 4 is 16.1 Å². The Morgan fingerprint density at radius 3 is 2.02 bits per heavy atom. The van der Waals surface area contributed by atoms with E-state index in [4.69, 9.17) is 8.92 Å². The van der Waals surface area contributed by atoms with E-state index in [0.717, 1.165) is 63.4 Å². The molecule has 4 fully saturated rings. The summed E-state index contributed by atoms with van der Waals surface area (Å²) in [5.74, 6) is 1.53. The van der Waals surface area contributed by atoms with E-state index < -0.39 is 26.5 Å². The number of fused-ring (bicyclic) bond motifs is 7. The highest BCUT2D eigenvalue weighted by atomic mass is 32.2. The molecule has 5 aliphatic carbocycles. The van der Waals surface area contributed by atoms with Crippen molar-refractivity contribution in [2.45, 2.75) is 146 Å². The second-order valence-electron chi connectivity index (χ2n) is 15.2. The van der Waals surface area contributed by atoms with Crippen molar-refractivity contribution in [3.8, 4) is 0 Å². The Morgan fingerprint density at radius 2 is 1.42 bits per heavy atom. The van der Waals surface area contributed by atoms with Crippen LogP contribution in [0.2, 0.25) is 0 Å². The second-order valence-corrected chi connectivity index (χ2v) is 16.8. The molecule has 0 bridgehead atoms. The van der Waals surface area contributed by atoms with Gasteiger partial charge in [-0.05, 0) is 110 Å². The third-order valence-corrected chi connectivity index (χ3v) is 14.1. The molecule has 3 unspecified atom stereocenters. The van der Waals surface area contributed by atoms with Gasteiger partial charge in [-0.25, -0.2) is 0 Å². The van der Waals surface area contributed by atoms with Gasteiger partial charge in [0.05, 0.1) is 5.41 Å². The zero-order chi connectivity index (χ0) is 37.1. The van der Waals surface area contributed by atoms with Gasteiger partial charge in [0.1, 0.15) is 12.4 Å². The van der Waals surface area contributed by atoms with Crippen molar-refractivity contribution in [3.05, 3.63) is 47.7 Å². The summed E-state index contributed by atoms with van der Waals surface area (Å²) < 4.78 is 74.3. The number of benzene rings is 1. The zero-order valence-corrected chi connectivity index (χ0v) is 33.2. The van der Waals surface area contributed by atoms with Gasteiger partial charge in [-0.2, -0.15) is 21.6 Å². The van der Waals surface area contributed by atoms with Crippen LogP contribution in [0.4, 0.5) is 13.2 Å². The summed E-state index contributed by atoms with van der Waals surface area (Å²) in [6.07, 6.45) is 10.8. The first kappa shape index (κ1) is 44.1. The first-order valence-corrected chi connectivity index (χ1v) is 20.4. The Balaban J connectivity index is 0.00000118. The predicted octanol–water partition coefficient (Wildman–Crippen LogP) is 11.8. The minimum atomic E-state index is -5.72. The van der Waals surface area contributed by atoms with Crippen molar-refractivity contribution < 1.29 is 35.3 Å². The van der Waals surface area contributed by atoms with Gasteiger partial charge in [0.2, 0.25) is 0 Å². The van der Waals surface area contributed by atoms with E-state index in [-0.39, 0.29) is 34.6 Å². The van der Waals surface area contributed by atoms with Crippen LogP contribution in [0.1, 0.15) is 139 Å². The Kier molecular flexibility index (Phi) is 14.8. The zero-order valence-electron chi connectivity index (χ0n) is 32.4. The highest BCUT2D eigenvalue weighted by molar-refractivity contribution is 7.87. The summed E-state index contributed by atoms with van der Waals surface area (Å²) in [6.45, 7) is 20.7. The number of hydrogen-bond acceptors (Lipinski definition) is 6. The molecule has 50 heavy (non-hydrogen) atoms. The van der Waals surface area contributed by atoms with Crippen LogP contribution in [0.3, 0.4) is 0 Å². The molecule has 0 spiro atoms. The van der Waals surface area contributed by atoms with Crippen molar-refractivity contribution in [1.29, 1.82) is 0 Å². The van der Waals surface area contributed by atoms with Crippen molar-refractivity contribution in [3.63, 3.8) is 0 Å². The van der Waals surface area contributed by atoms with Gasteiger partial charge >= 0.3 is 21.6 Å². The smallest absolute Gasteiger partial charge is 0.460 e. The molecule has 0 amide bonds. The summed E-state index contributed by atoms with van der Waals surface area (Å²) in [5.41, 5.74) is -5.83. The maximum Gasteiger partial charge on any atom is 0.534 e. The predicted molar refractivity (Wildman–Crippen MR) is 195 cm³/mol. The normalized spacial score (nSPS) is 35.0. The Labute approximate surface area is 301 Å². The van der Waals surface area contributed by atoms with Crippen LogP contribution >= 0.6 is 0 Å². The van der Waals surface area contributed by atoms with Crippen molar-refractivity contribution in [1.82, 2.24) is 6.15 Å². The number of hydrogen-bond donors (Lipinski definition) is 1. The summed E-state index contributed by atoms with van der Waals surface area (Å²) in [6, 6.07) is 9.85. The molecule has 3 N–H and O–H groups in total. The van der Waals surface area contributed by atoms with Crippen LogP contribution in [-0.2, 0) is 30.4 Å². The lowest BCUT2D eigenvalue weighted by Gasteiger charge is -2.68. The van der Waals surface area contributed by atoms with Gasteiger partial charge in [0.15, 0.2) is 0 Å². The molecule has 0 aliphatic heterocycles. The second kappa shape index (κ2) is 16.7. The van der Waals surface area contributed by atoms with E-state index in [1.807, 2.05) is 85.7 Å². The SMILES string of the molecule is CC.CC.CC.CC1(C)C(OS(=O)(=O)C(F)(F)F)=CC[C@@]2(C)C1CC[C@@]1(C)C3CC[C@@]4(C(=O)OCc5ccccc5)CCC[C@@H]4[C@H]3CCC12.N. The van der Waals surface area contributed by atoms with Crippen LogP contribution in [0.25, 0.3) is 0 Å². The molecule has 0 saturated heterocycles. The van der Waals surface area contributed by atoms with E-state index >= 15 is 0 Å². The van der Waals surface area contributed by atoms with Gasteiger partial charge in [-0.15, -0.1) is 0 Å². The van der Waals surface area contributed by atoms with Crippen molar-refractivity contribution in [2.75, 3.05) is 0 Å². The van der Waals surface area contributed by atoms with E-state index in [2.05, 4.69) is 13.8 Å². The quantitative estimate of drug-likeness (QED) is 0.184. The maximum absolute atomic E-state index is 13.8. The maximum atomic E-state index is 13.8. The molecule has 6 nitrogen and oxygen atoms in total. The molecule has 8 atom stereocenters. The molecular weight excluding hydrogens is 664 g/mol. The fourth-order valence-electron chi connectivity index (χ4n) is 11.3. The van der Waals surface area contributed by atoms with Gasteiger partial charge in [0, 0.05) is 5.41 Å².